The summed E-state index contributed by atoms with van der Waals surface area (Å²) < 4.78 is 17.0. The number of ether oxygens (including phenoxy) is 2. The lowest BCUT2D eigenvalue weighted by molar-refractivity contribution is -0.171. The molecule has 1 heterocycles. The number of benzene rings is 3. The Balaban J connectivity index is 1.40. The van der Waals surface area contributed by atoms with Gasteiger partial charge in [0, 0.05) is 12.0 Å². The molecule has 0 aliphatic heterocycles. The van der Waals surface area contributed by atoms with Crippen LogP contribution in [0.25, 0.3) is 11.3 Å². The van der Waals surface area contributed by atoms with Gasteiger partial charge in [-0.15, -0.1) is 0 Å². The zero-order valence-electron chi connectivity index (χ0n) is 34.3. The fraction of sp³-hybridized carbons (Fsp3) is 0.356. The molecule has 0 unspecified atom stereocenters. The molecule has 3 aromatic carbocycles. The Labute approximate surface area is 349 Å². The van der Waals surface area contributed by atoms with Gasteiger partial charge in [0.25, 0.3) is 11.8 Å². The Bertz CT molecular complexity index is 2070. The summed E-state index contributed by atoms with van der Waals surface area (Å²) in [6.45, 7) is 6.76. The lowest BCUT2D eigenvalue weighted by Crippen LogP contribution is -2.49. The Morgan fingerprint density at radius 2 is 1.55 bits per heavy atom. The van der Waals surface area contributed by atoms with Gasteiger partial charge in [-0.3, -0.25) is 24.0 Å². The summed E-state index contributed by atoms with van der Waals surface area (Å²) in [5, 5.41) is 8.81. The average Bonchev–Trinajstić information content (AvgIpc) is 3.76. The van der Waals surface area contributed by atoms with Crippen LogP contribution in [0.3, 0.4) is 0 Å². The molecule has 0 spiro atoms. The van der Waals surface area contributed by atoms with Gasteiger partial charge >= 0.3 is 11.9 Å². The summed E-state index contributed by atoms with van der Waals surface area (Å²) in [6, 6.07) is 22.8. The zero-order chi connectivity index (χ0) is 43.4. The molecule has 0 bridgehead atoms. The second-order valence-corrected chi connectivity index (χ2v) is 13.8. The molecule has 1 aromatic heterocycles. The number of hydrogen-bond donors (Lipinski definition) is 3. The minimum atomic E-state index is -1.24. The summed E-state index contributed by atoms with van der Waals surface area (Å²) in [4.78, 5) is 95.4. The highest BCUT2D eigenvalue weighted by Gasteiger charge is 2.34. The zero-order valence-corrected chi connectivity index (χ0v) is 34.3. The van der Waals surface area contributed by atoms with E-state index in [-0.39, 0.29) is 60.5 Å². The van der Waals surface area contributed by atoms with Crippen LogP contribution < -0.4 is 20.7 Å². The van der Waals surface area contributed by atoms with Crippen molar-refractivity contribution in [1.82, 2.24) is 21.0 Å². The van der Waals surface area contributed by atoms with E-state index in [4.69, 9.17) is 18.7 Å². The fourth-order valence-corrected chi connectivity index (χ4v) is 6.37. The molecule has 60 heavy (non-hydrogen) atoms. The number of furan rings is 1. The van der Waals surface area contributed by atoms with Gasteiger partial charge in [-0.1, -0.05) is 87.7 Å². The van der Waals surface area contributed by atoms with Crippen molar-refractivity contribution in [2.75, 3.05) is 13.3 Å². The van der Waals surface area contributed by atoms with Crippen LogP contribution in [0, 0.1) is 5.92 Å². The van der Waals surface area contributed by atoms with Gasteiger partial charge in [0.05, 0.1) is 36.4 Å². The molecule has 0 saturated carbocycles. The van der Waals surface area contributed by atoms with E-state index in [9.17, 15) is 33.6 Å². The van der Waals surface area contributed by atoms with Crippen LogP contribution in [0.15, 0.2) is 95.4 Å². The highest BCUT2D eigenvalue weighted by molar-refractivity contribution is 6.00. The molecule has 0 radical (unpaired) electrons. The van der Waals surface area contributed by atoms with Crippen molar-refractivity contribution in [2.24, 2.45) is 5.92 Å². The molecule has 4 aromatic rings. The first kappa shape index (κ1) is 45.9. The van der Waals surface area contributed by atoms with E-state index in [1.54, 1.807) is 86.6 Å². The molecule has 0 aliphatic rings. The van der Waals surface area contributed by atoms with Crippen LogP contribution in [-0.4, -0.2) is 72.3 Å². The van der Waals surface area contributed by atoms with Crippen LogP contribution in [0.1, 0.15) is 103 Å². The Morgan fingerprint density at radius 1 is 0.833 bits per heavy atom. The fourth-order valence-electron chi connectivity index (χ4n) is 6.37. The van der Waals surface area contributed by atoms with E-state index in [1.807, 2.05) is 13.0 Å². The van der Waals surface area contributed by atoms with Gasteiger partial charge in [-0.2, -0.15) is 5.06 Å². The quantitative estimate of drug-likeness (QED) is 0.0240. The number of rotatable bonds is 24. The number of nitrogens with one attached hydrogen (secondary N) is 3. The molecule has 15 nitrogen and oxygen atoms in total. The van der Waals surface area contributed by atoms with Crippen LogP contribution in [-0.2, 0) is 35.4 Å². The average molecular weight is 825 g/mol. The van der Waals surface area contributed by atoms with Crippen molar-refractivity contribution in [1.29, 1.82) is 0 Å². The maximum Gasteiger partial charge on any atom is 0.363 e. The number of unbranched alkanes of at least 4 members (excludes halogenated alkanes) is 2. The molecular weight excluding hydrogens is 773 g/mol. The second kappa shape index (κ2) is 23.6. The number of hydroxylamine groups is 2. The van der Waals surface area contributed by atoms with Crippen molar-refractivity contribution >= 4 is 41.9 Å². The maximum atomic E-state index is 13.6. The summed E-state index contributed by atoms with van der Waals surface area (Å²) in [6.07, 6.45) is 3.27. The smallest absolute Gasteiger partial charge is 0.363 e. The topological polar surface area (TPSA) is 200 Å². The first-order valence-electron chi connectivity index (χ1n) is 19.9. The van der Waals surface area contributed by atoms with E-state index in [1.165, 1.54) is 19.1 Å². The summed E-state index contributed by atoms with van der Waals surface area (Å²) in [7, 11) is 0. The second-order valence-electron chi connectivity index (χ2n) is 13.8. The SMILES string of the molecule is CCCCC[C@@H](C(=O)NCNC(=O)c1ccc(-c2ccc(C(=O)N[C@@H](CC(C)=O)C(=O)OCc3ccccc3)c(OCC)c2)o1)[C@@H](CC)N(C=O)OC(=O)c1ccccc1. The normalized spacial score (nSPS) is 12.2. The van der Waals surface area contributed by atoms with Gasteiger partial charge in [0.15, 0.2) is 5.76 Å². The van der Waals surface area contributed by atoms with E-state index in [2.05, 4.69) is 16.0 Å². The minimum absolute atomic E-state index is 0.0310. The number of nitrogens with zero attached hydrogens (tertiary/aromatic N) is 1. The van der Waals surface area contributed by atoms with Gasteiger partial charge < -0.3 is 34.7 Å². The van der Waals surface area contributed by atoms with Gasteiger partial charge in [-0.05, 0) is 68.7 Å². The number of carbonyl (C=O) groups is 7. The summed E-state index contributed by atoms with van der Waals surface area (Å²) in [5.41, 5.74) is 1.56. The molecule has 318 valence electrons. The Hall–Kier alpha value is -6.77. The predicted octanol–water partition coefficient (Wildman–Crippen LogP) is 6.18. The van der Waals surface area contributed by atoms with Crippen molar-refractivity contribution in [3.05, 3.63) is 113 Å². The molecule has 0 aliphatic carbocycles. The number of amides is 4. The third kappa shape index (κ3) is 13.4. The lowest BCUT2D eigenvalue weighted by atomic mass is 9.90. The van der Waals surface area contributed by atoms with Gasteiger partial charge in [0.1, 0.15) is 29.9 Å². The molecule has 4 amide bonds. The largest absolute Gasteiger partial charge is 0.493 e. The van der Waals surface area contributed by atoms with Crippen molar-refractivity contribution in [2.45, 2.75) is 84.9 Å². The number of carbonyl (C=O) groups excluding carboxylic acids is 7. The summed E-state index contributed by atoms with van der Waals surface area (Å²) in [5.74, 6) is -3.92. The van der Waals surface area contributed by atoms with Crippen LogP contribution in [0.4, 0.5) is 0 Å². The molecule has 3 atom stereocenters. The molecule has 0 saturated heterocycles. The van der Waals surface area contributed by atoms with Crippen molar-refractivity contribution in [3.63, 3.8) is 0 Å². The van der Waals surface area contributed by atoms with Gasteiger partial charge in [-0.25, -0.2) is 9.59 Å². The van der Waals surface area contributed by atoms with Crippen LogP contribution in [0.5, 0.6) is 5.75 Å². The predicted molar refractivity (Wildman–Crippen MR) is 220 cm³/mol. The maximum absolute atomic E-state index is 13.6. The van der Waals surface area contributed by atoms with E-state index in [0.717, 1.165) is 23.5 Å². The third-order valence-corrected chi connectivity index (χ3v) is 9.42. The van der Waals surface area contributed by atoms with Crippen LogP contribution >= 0.6 is 0 Å². The molecule has 4 rings (SSSR count). The van der Waals surface area contributed by atoms with Crippen molar-refractivity contribution < 1.29 is 52.3 Å². The Morgan fingerprint density at radius 3 is 2.20 bits per heavy atom. The van der Waals surface area contributed by atoms with Crippen molar-refractivity contribution in [3.8, 4) is 17.1 Å². The monoisotopic (exact) mass is 824 g/mol. The minimum Gasteiger partial charge on any atom is -0.493 e. The number of esters is 1. The first-order chi connectivity index (χ1) is 29.0. The third-order valence-electron chi connectivity index (χ3n) is 9.42. The summed E-state index contributed by atoms with van der Waals surface area (Å²) >= 11 is 0. The highest BCUT2D eigenvalue weighted by Crippen LogP contribution is 2.29. The van der Waals surface area contributed by atoms with E-state index in [0.29, 0.717) is 31.2 Å². The molecule has 3 N–H and O–H groups in total. The Kier molecular flexibility index (Phi) is 18.1. The number of Topliss-reactive ketones (excluding diaryl/α,β-unsaturated/α-hetero) is 1. The molecule has 0 fully saturated rings. The first-order valence-corrected chi connectivity index (χ1v) is 19.9. The lowest BCUT2D eigenvalue weighted by Gasteiger charge is -2.31. The molecule has 15 heteroatoms. The number of ketones is 1. The number of hydrogen-bond acceptors (Lipinski definition) is 11. The highest BCUT2D eigenvalue weighted by atomic mass is 16.7. The van der Waals surface area contributed by atoms with E-state index >= 15 is 0 Å². The standard InChI is InChI=1S/C45H52N4O11/c1-5-8-11-20-34(37(6-2)49(29-50)60-44(55)32-18-14-10-15-19-32)41(52)46-28-47-43(54)39-24-23-38(59-39)33-21-22-35(40(26-33)57-7-3)42(53)48-36(25-30(4)51)45(56)58-27-31-16-12-9-13-17-31/h9-10,12-19,21-24,26,29,34,36-37H,5-8,11,20,25,27-28H2,1-4H3,(H,46,52)(H,47,54)(H,48,53)/t34-,36+,37-/m1/s1. The van der Waals surface area contributed by atoms with Crippen LogP contribution in [0.2, 0.25) is 0 Å². The molecular formula is C45H52N4O11. The van der Waals surface area contributed by atoms with E-state index < -0.39 is 47.7 Å². The van der Waals surface area contributed by atoms with Gasteiger partial charge in [0.2, 0.25) is 12.3 Å².